The predicted molar refractivity (Wildman–Crippen MR) is 80.2 cm³/mol. The molecule has 3 N–H and O–H groups in total. The minimum atomic E-state index is 0.495. The number of nitriles is 1. The summed E-state index contributed by atoms with van der Waals surface area (Å²) in [5.41, 5.74) is 8.83. The van der Waals surface area contributed by atoms with E-state index in [1.54, 1.807) is 0 Å². The minimum absolute atomic E-state index is 0.495. The zero-order chi connectivity index (χ0) is 14.4. The molecule has 0 saturated heterocycles. The lowest BCUT2D eigenvalue weighted by Gasteiger charge is -2.10. The van der Waals surface area contributed by atoms with Crippen molar-refractivity contribution in [2.75, 3.05) is 18.5 Å². The third kappa shape index (κ3) is 3.50. The number of hydrogen-bond acceptors (Lipinski definition) is 4. The fourth-order valence-corrected chi connectivity index (χ4v) is 1.83. The highest BCUT2D eigenvalue weighted by Gasteiger charge is 2.03. The van der Waals surface area contributed by atoms with Gasteiger partial charge in [-0.2, -0.15) is 5.26 Å². The second-order valence-electron chi connectivity index (χ2n) is 4.45. The normalized spacial score (nSPS) is 9.85. The highest BCUT2D eigenvalue weighted by Crippen LogP contribution is 2.23. The topological polar surface area (TPSA) is 71.1 Å². The molecule has 4 heteroatoms. The van der Waals surface area contributed by atoms with E-state index >= 15 is 0 Å². The average molecular weight is 267 g/mol. The van der Waals surface area contributed by atoms with Gasteiger partial charge in [-0.1, -0.05) is 6.07 Å². The van der Waals surface area contributed by atoms with Crippen molar-refractivity contribution in [3.05, 3.63) is 53.6 Å². The van der Waals surface area contributed by atoms with Gasteiger partial charge in [0, 0.05) is 12.2 Å². The van der Waals surface area contributed by atoms with Crippen molar-refractivity contribution in [2.45, 2.75) is 6.92 Å². The molecule has 20 heavy (non-hydrogen) atoms. The molecule has 2 rings (SSSR count). The van der Waals surface area contributed by atoms with Crippen LogP contribution in [-0.4, -0.2) is 13.2 Å². The first-order valence-electron chi connectivity index (χ1n) is 6.43. The third-order valence-electron chi connectivity index (χ3n) is 2.82. The number of rotatable bonds is 5. The Labute approximate surface area is 118 Å². The largest absolute Gasteiger partial charge is 0.492 e. The Morgan fingerprint density at radius 1 is 1.20 bits per heavy atom. The first-order valence-corrected chi connectivity index (χ1v) is 6.43. The molecule has 0 saturated carbocycles. The Balaban J connectivity index is 2.14. The van der Waals surface area contributed by atoms with Crippen LogP contribution in [0.3, 0.4) is 0 Å². The molecule has 2 aromatic carbocycles. The molecule has 0 aliphatic heterocycles. The van der Waals surface area contributed by atoms with Crippen molar-refractivity contribution < 1.29 is 4.74 Å². The maximum Gasteiger partial charge on any atom is 0.119 e. The van der Waals surface area contributed by atoms with Crippen molar-refractivity contribution in [3.63, 3.8) is 0 Å². The summed E-state index contributed by atoms with van der Waals surface area (Å²) in [5.74, 6) is 0.783. The molecule has 0 fully saturated rings. The monoisotopic (exact) mass is 267 g/mol. The zero-order valence-electron chi connectivity index (χ0n) is 11.4. The summed E-state index contributed by atoms with van der Waals surface area (Å²) in [6, 6.07) is 15.5. The Hall–Kier alpha value is -2.51. The van der Waals surface area contributed by atoms with E-state index in [0.717, 1.165) is 22.7 Å². The summed E-state index contributed by atoms with van der Waals surface area (Å²) in [4.78, 5) is 0. The van der Waals surface area contributed by atoms with E-state index in [0.29, 0.717) is 18.7 Å². The van der Waals surface area contributed by atoms with Crippen LogP contribution in [0.2, 0.25) is 0 Å². The number of anilines is 2. The van der Waals surface area contributed by atoms with Crippen LogP contribution in [0, 0.1) is 18.3 Å². The maximum absolute atomic E-state index is 9.11. The van der Waals surface area contributed by atoms with E-state index in [9.17, 15) is 0 Å². The second kappa shape index (κ2) is 6.60. The van der Waals surface area contributed by atoms with Crippen LogP contribution in [0.1, 0.15) is 11.1 Å². The van der Waals surface area contributed by atoms with Crippen LogP contribution in [-0.2, 0) is 0 Å². The highest BCUT2D eigenvalue weighted by atomic mass is 16.5. The summed E-state index contributed by atoms with van der Waals surface area (Å²) in [7, 11) is 0. The molecule has 0 unspecified atom stereocenters. The van der Waals surface area contributed by atoms with Gasteiger partial charge in [-0.05, 0) is 48.9 Å². The summed E-state index contributed by atoms with van der Waals surface area (Å²) >= 11 is 0. The third-order valence-corrected chi connectivity index (χ3v) is 2.82. The summed E-state index contributed by atoms with van der Waals surface area (Å²) in [6.07, 6.45) is 0. The molecular weight excluding hydrogens is 250 g/mol. The summed E-state index contributed by atoms with van der Waals surface area (Å²) in [5, 5.41) is 12.4. The molecule has 0 aliphatic carbocycles. The van der Waals surface area contributed by atoms with Crippen molar-refractivity contribution in [1.82, 2.24) is 0 Å². The van der Waals surface area contributed by atoms with Gasteiger partial charge in [-0.25, -0.2) is 0 Å². The van der Waals surface area contributed by atoms with Crippen LogP contribution in [0.4, 0.5) is 11.4 Å². The Morgan fingerprint density at radius 2 is 1.95 bits per heavy atom. The Bertz CT molecular complexity index is 615. The van der Waals surface area contributed by atoms with E-state index in [-0.39, 0.29) is 0 Å². The van der Waals surface area contributed by atoms with Gasteiger partial charge in [0.15, 0.2) is 0 Å². The lowest BCUT2D eigenvalue weighted by Crippen LogP contribution is -2.10. The highest BCUT2D eigenvalue weighted by molar-refractivity contribution is 5.67. The lowest BCUT2D eigenvalue weighted by atomic mass is 10.1. The molecule has 4 nitrogen and oxygen atoms in total. The Morgan fingerprint density at radius 3 is 2.60 bits per heavy atom. The standard InChI is InChI=1S/C16H17N3O/c1-12-2-3-13(11-18)16(10-12)19-14-4-6-15(7-5-14)20-9-8-17/h2-7,10,19H,8-9,17H2,1H3. The van der Waals surface area contributed by atoms with Crippen LogP contribution < -0.4 is 15.8 Å². The van der Waals surface area contributed by atoms with E-state index in [1.165, 1.54) is 0 Å². The van der Waals surface area contributed by atoms with E-state index in [1.807, 2.05) is 49.4 Å². The number of hydrogen-bond donors (Lipinski definition) is 2. The summed E-state index contributed by atoms with van der Waals surface area (Å²) < 4.78 is 5.42. The van der Waals surface area contributed by atoms with E-state index in [2.05, 4.69) is 11.4 Å². The second-order valence-corrected chi connectivity index (χ2v) is 4.45. The van der Waals surface area contributed by atoms with Gasteiger partial charge in [-0.15, -0.1) is 0 Å². The molecule has 102 valence electrons. The zero-order valence-corrected chi connectivity index (χ0v) is 11.4. The Kier molecular flexibility index (Phi) is 4.59. The van der Waals surface area contributed by atoms with Crippen molar-refractivity contribution in [2.24, 2.45) is 5.73 Å². The smallest absolute Gasteiger partial charge is 0.119 e. The molecule has 0 amide bonds. The van der Waals surface area contributed by atoms with Crippen LogP contribution in [0.25, 0.3) is 0 Å². The molecule has 0 heterocycles. The first-order chi connectivity index (χ1) is 9.72. The van der Waals surface area contributed by atoms with E-state index in [4.69, 9.17) is 15.7 Å². The lowest BCUT2D eigenvalue weighted by molar-refractivity contribution is 0.328. The van der Waals surface area contributed by atoms with Crippen molar-refractivity contribution in [1.29, 1.82) is 5.26 Å². The number of nitrogens with one attached hydrogen (secondary N) is 1. The van der Waals surface area contributed by atoms with Crippen molar-refractivity contribution >= 4 is 11.4 Å². The van der Waals surface area contributed by atoms with Gasteiger partial charge in [0.05, 0.1) is 11.3 Å². The van der Waals surface area contributed by atoms with Crippen LogP contribution >= 0.6 is 0 Å². The number of aryl methyl sites for hydroxylation is 1. The van der Waals surface area contributed by atoms with E-state index < -0.39 is 0 Å². The minimum Gasteiger partial charge on any atom is -0.492 e. The van der Waals surface area contributed by atoms with Gasteiger partial charge in [0.2, 0.25) is 0 Å². The molecule has 0 aliphatic rings. The number of benzene rings is 2. The maximum atomic E-state index is 9.11. The number of ether oxygens (including phenoxy) is 1. The van der Waals surface area contributed by atoms with Crippen LogP contribution in [0.5, 0.6) is 5.75 Å². The van der Waals surface area contributed by atoms with Crippen LogP contribution in [0.15, 0.2) is 42.5 Å². The molecule has 0 atom stereocenters. The molecule has 0 radical (unpaired) electrons. The number of nitrogens with zero attached hydrogens (tertiary/aromatic N) is 1. The number of nitrogens with two attached hydrogens (primary N) is 1. The fourth-order valence-electron chi connectivity index (χ4n) is 1.83. The van der Waals surface area contributed by atoms with Gasteiger partial charge in [0.1, 0.15) is 18.4 Å². The molecule has 0 aromatic heterocycles. The SMILES string of the molecule is Cc1ccc(C#N)c(Nc2ccc(OCCN)cc2)c1. The van der Waals surface area contributed by atoms with Gasteiger partial charge in [-0.3, -0.25) is 0 Å². The molecule has 0 spiro atoms. The average Bonchev–Trinajstić information content (AvgIpc) is 2.47. The quantitative estimate of drug-likeness (QED) is 0.873. The fraction of sp³-hybridized carbons (Fsp3) is 0.188. The summed E-state index contributed by atoms with van der Waals surface area (Å²) in [6.45, 7) is 2.99. The van der Waals surface area contributed by atoms with Gasteiger partial charge in [0.25, 0.3) is 0 Å². The molecule has 2 aromatic rings. The van der Waals surface area contributed by atoms with Crippen molar-refractivity contribution in [3.8, 4) is 11.8 Å². The first kappa shape index (κ1) is 13.9. The molecule has 0 bridgehead atoms. The molecular formula is C16H17N3O. The predicted octanol–water partition coefficient (Wildman–Crippen LogP) is 2.95. The van der Waals surface area contributed by atoms with Gasteiger partial charge >= 0.3 is 0 Å². The van der Waals surface area contributed by atoms with Gasteiger partial charge < -0.3 is 15.8 Å².